The summed E-state index contributed by atoms with van der Waals surface area (Å²) < 4.78 is 0. The summed E-state index contributed by atoms with van der Waals surface area (Å²) in [6, 6.07) is 1.99. The van der Waals surface area contributed by atoms with Crippen molar-refractivity contribution >= 4 is 12.4 Å². The van der Waals surface area contributed by atoms with Gasteiger partial charge in [-0.05, 0) is 13.0 Å². The lowest BCUT2D eigenvalue weighted by atomic mass is 10.5. The minimum atomic E-state index is 0. The molecule has 0 aliphatic heterocycles. The molecule has 0 unspecified atom stereocenters. The van der Waals surface area contributed by atoms with Gasteiger partial charge in [-0.3, -0.25) is 0 Å². The molecule has 2 nitrogen and oxygen atoms in total. The minimum absolute atomic E-state index is 0. The Balaban J connectivity index is 0. The summed E-state index contributed by atoms with van der Waals surface area (Å²) in [7, 11) is 0. The maximum absolute atomic E-state index is 7.98. The molecule has 0 saturated heterocycles. The number of halogens is 1. The van der Waals surface area contributed by atoms with Gasteiger partial charge in [0.15, 0.2) is 0 Å². The van der Waals surface area contributed by atoms with Crippen molar-refractivity contribution in [1.82, 2.24) is 5.32 Å². The van der Waals surface area contributed by atoms with Crippen LogP contribution in [0.2, 0.25) is 0 Å². The fourth-order valence-electron chi connectivity index (χ4n) is 0.321. The van der Waals surface area contributed by atoms with Crippen LogP contribution in [0.5, 0.6) is 0 Å². The second-order valence-electron chi connectivity index (χ2n) is 1.33. The molecule has 0 heterocycles. The third kappa shape index (κ3) is 9.22. The number of hydrogen-bond acceptors (Lipinski definition) is 2. The summed E-state index contributed by atoms with van der Waals surface area (Å²) in [6.07, 6.45) is 1.10. The van der Waals surface area contributed by atoms with E-state index in [4.69, 9.17) is 5.26 Å². The Hall–Kier alpha value is -0.260. The van der Waals surface area contributed by atoms with Gasteiger partial charge in [0, 0.05) is 0 Å². The van der Waals surface area contributed by atoms with Crippen molar-refractivity contribution in [2.24, 2.45) is 0 Å². The number of hydrogen-bond donors (Lipinski definition) is 1. The fraction of sp³-hybridized carbons (Fsp3) is 0.800. The Labute approximate surface area is 56.3 Å². The quantitative estimate of drug-likeness (QED) is 0.461. The van der Waals surface area contributed by atoms with Gasteiger partial charge in [0.2, 0.25) is 0 Å². The van der Waals surface area contributed by atoms with E-state index in [1.165, 1.54) is 0 Å². The Kier molecular flexibility index (Phi) is 13.2. The number of nitrogens with zero attached hydrogens (tertiary/aromatic N) is 1. The Morgan fingerprint density at radius 3 is 2.62 bits per heavy atom. The predicted octanol–water partition coefficient (Wildman–Crippen LogP) is 0.931. The molecule has 0 radical (unpaired) electrons. The van der Waals surface area contributed by atoms with Gasteiger partial charge in [0.25, 0.3) is 0 Å². The van der Waals surface area contributed by atoms with E-state index in [0.717, 1.165) is 13.0 Å². The van der Waals surface area contributed by atoms with E-state index in [1.807, 2.05) is 6.07 Å². The van der Waals surface area contributed by atoms with Gasteiger partial charge >= 0.3 is 0 Å². The summed E-state index contributed by atoms with van der Waals surface area (Å²) in [4.78, 5) is 0. The Morgan fingerprint density at radius 2 is 2.25 bits per heavy atom. The van der Waals surface area contributed by atoms with Gasteiger partial charge in [0.1, 0.15) is 0 Å². The maximum Gasteiger partial charge on any atom is 0.0840 e. The van der Waals surface area contributed by atoms with Crippen molar-refractivity contribution in [3.05, 3.63) is 0 Å². The molecule has 0 aliphatic carbocycles. The standard InChI is InChI=1S/C5H10N2.ClH/c1-2-4-7-5-3-6;/h7H,2,4-5H2,1H3;1H. The van der Waals surface area contributed by atoms with Gasteiger partial charge in [-0.2, -0.15) is 5.26 Å². The summed E-state index contributed by atoms with van der Waals surface area (Å²) in [6.45, 7) is 3.51. The first-order chi connectivity index (χ1) is 3.41. The molecule has 0 aromatic carbocycles. The van der Waals surface area contributed by atoms with Gasteiger partial charge in [0.05, 0.1) is 12.6 Å². The van der Waals surface area contributed by atoms with E-state index in [2.05, 4.69) is 12.2 Å². The van der Waals surface area contributed by atoms with Gasteiger partial charge < -0.3 is 5.32 Å². The van der Waals surface area contributed by atoms with E-state index < -0.39 is 0 Å². The minimum Gasteiger partial charge on any atom is -0.304 e. The molecule has 0 atom stereocenters. The highest BCUT2D eigenvalue weighted by molar-refractivity contribution is 5.85. The molecule has 0 bridgehead atoms. The predicted molar refractivity (Wildman–Crippen MR) is 36.0 cm³/mol. The van der Waals surface area contributed by atoms with E-state index in [0.29, 0.717) is 6.54 Å². The van der Waals surface area contributed by atoms with Crippen LogP contribution >= 0.6 is 12.4 Å². The summed E-state index contributed by atoms with van der Waals surface area (Å²) in [5.41, 5.74) is 0. The molecule has 0 aliphatic rings. The number of nitriles is 1. The highest BCUT2D eigenvalue weighted by Crippen LogP contribution is 1.65. The lowest BCUT2D eigenvalue weighted by Crippen LogP contribution is -2.13. The summed E-state index contributed by atoms with van der Waals surface area (Å²) in [5, 5.41) is 10.9. The topological polar surface area (TPSA) is 35.8 Å². The highest BCUT2D eigenvalue weighted by Gasteiger charge is 1.75. The fourth-order valence-corrected chi connectivity index (χ4v) is 0.321. The number of rotatable bonds is 3. The van der Waals surface area contributed by atoms with Crippen LogP contribution in [0.1, 0.15) is 13.3 Å². The lowest BCUT2D eigenvalue weighted by molar-refractivity contribution is 0.734. The number of nitrogens with one attached hydrogen (secondary N) is 1. The van der Waals surface area contributed by atoms with Crippen LogP contribution in [0.15, 0.2) is 0 Å². The van der Waals surface area contributed by atoms with Gasteiger partial charge in [-0.1, -0.05) is 6.92 Å². The molecular formula is C5H11ClN2. The van der Waals surface area contributed by atoms with Crippen LogP contribution in [0.4, 0.5) is 0 Å². The van der Waals surface area contributed by atoms with Crippen LogP contribution in [-0.2, 0) is 0 Å². The first-order valence-electron chi connectivity index (χ1n) is 2.49. The van der Waals surface area contributed by atoms with Crippen molar-refractivity contribution < 1.29 is 0 Å². The van der Waals surface area contributed by atoms with Crippen molar-refractivity contribution in [1.29, 1.82) is 5.26 Å². The first kappa shape index (κ1) is 10.7. The largest absolute Gasteiger partial charge is 0.304 e. The summed E-state index contributed by atoms with van der Waals surface area (Å²) >= 11 is 0. The van der Waals surface area contributed by atoms with Gasteiger partial charge in [-0.25, -0.2) is 0 Å². The average molecular weight is 135 g/mol. The molecule has 0 fully saturated rings. The zero-order chi connectivity index (χ0) is 5.54. The second kappa shape index (κ2) is 9.88. The van der Waals surface area contributed by atoms with Crippen molar-refractivity contribution in [2.45, 2.75) is 13.3 Å². The molecule has 48 valence electrons. The zero-order valence-corrected chi connectivity index (χ0v) is 5.79. The molecule has 0 aromatic rings. The second-order valence-corrected chi connectivity index (χ2v) is 1.33. The zero-order valence-electron chi connectivity index (χ0n) is 4.98. The highest BCUT2D eigenvalue weighted by atomic mass is 35.5. The third-order valence-electron chi connectivity index (χ3n) is 0.631. The van der Waals surface area contributed by atoms with Crippen molar-refractivity contribution in [3.8, 4) is 6.07 Å². The van der Waals surface area contributed by atoms with Crippen LogP contribution in [0.3, 0.4) is 0 Å². The SMILES string of the molecule is CCCNCC#N.Cl. The normalized spacial score (nSPS) is 7.00. The molecule has 3 heteroatoms. The van der Waals surface area contributed by atoms with Crippen molar-refractivity contribution in [3.63, 3.8) is 0 Å². The molecule has 8 heavy (non-hydrogen) atoms. The Morgan fingerprint density at radius 1 is 1.62 bits per heavy atom. The molecule has 0 aromatic heterocycles. The monoisotopic (exact) mass is 134 g/mol. The molecule has 0 rings (SSSR count). The summed E-state index contributed by atoms with van der Waals surface area (Å²) in [5.74, 6) is 0. The van der Waals surface area contributed by atoms with E-state index >= 15 is 0 Å². The first-order valence-corrected chi connectivity index (χ1v) is 2.49. The van der Waals surface area contributed by atoms with Gasteiger partial charge in [-0.15, -0.1) is 12.4 Å². The molecule has 0 amide bonds. The van der Waals surface area contributed by atoms with Crippen molar-refractivity contribution in [2.75, 3.05) is 13.1 Å². The molecular weight excluding hydrogens is 124 g/mol. The Bertz CT molecular complexity index is 67.3. The van der Waals surface area contributed by atoms with Crippen LogP contribution in [0, 0.1) is 11.3 Å². The third-order valence-corrected chi connectivity index (χ3v) is 0.631. The smallest absolute Gasteiger partial charge is 0.0840 e. The average Bonchev–Trinajstić information content (AvgIpc) is 1.69. The van der Waals surface area contributed by atoms with E-state index in [-0.39, 0.29) is 12.4 Å². The molecule has 1 N–H and O–H groups in total. The lowest BCUT2D eigenvalue weighted by Gasteiger charge is -1.90. The van der Waals surface area contributed by atoms with Crippen LogP contribution in [0.25, 0.3) is 0 Å². The van der Waals surface area contributed by atoms with E-state index in [9.17, 15) is 0 Å². The van der Waals surface area contributed by atoms with Crippen LogP contribution in [-0.4, -0.2) is 13.1 Å². The maximum atomic E-state index is 7.98. The molecule has 0 spiro atoms. The molecule has 0 saturated carbocycles. The van der Waals surface area contributed by atoms with Crippen LogP contribution < -0.4 is 5.32 Å². The van der Waals surface area contributed by atoms with E-state index in [1.54, 1.807) is 0 Å².